The number of benzene rings is 2. The van der Waals surface area contributed by atoms with Crippen LogP contribution >= 0.6 is 0 Å². The first kappa shape index (κ1) is 27.7. The van der Waals surface area contributed by atoms with E-state index in [-0.39, 0.29) is 35.9 Å². The molecule has 39 heavy (non-hydrogen) atoms. The van der Waals surface area contributed by atoms with Crippen molar-refractivity contribution in [2.75, 3.05) is 13.2 Å². The first-order valence-corrected chi connectivity index (χ1v) is 12.4. The highest BCUT2D eigenvalue weighted by Gasteiger charge is 2.50. The van der Waals surface area contributed by atoms with Crippen LogP contribution in [0.4, 0.5) is 0 Å². The van der Waals surface area contributed by atoms with Gasteiger partial charge in [0.05, 0.1) is 19.6 Å². The number of ether oxygens (including phenoxy) is 5. The smallest absolute Gasteiger partial charge is 0.229 e. The molecule has 2 saturated heterocycles. The number of phenols is 1. The third kappa shape index (κ3) is 5.45. The maximum atomic E-state index is 12.8. The molecule has 5 rings (SSSR count). The molecule has 1 unspecified atom stereocenters. The van der Waals surface area contributed by atoms with Gasteiger partial charge in [-0.2, -0.15) is 0 Å². The number of carbonyl (C=O) groups is 1. The Hall–Kier alpha value is -2.85. The van der Waals surface area contributed by atoms with Gasteiger partial charge in [-0.1, -0.05) is 30.3 Å². The van der Waals surface area contributed by atoms with Gasteiger partial charge >= 0.3 is 0 Å². The molecule has 0 radical (unpaired) electrons. The van der Waals surface area contributed by atoms with Crippen molar-refractivity contribution < 1.29 is 64.2 Å². The molecule has 0 bridgehead atoms. The summed E-state index contributed by atoms with van der Waals surface area (Å²) >= 11 is 0. The van der Waals surface area contributed by atoms with Crippen LogP contribution in [0.1, 0.15) is 28.4 Å². The number of hydrogen-bond donors (Lipinski definition) is 7. The van der Waals surface area contributed by atoms with Crippen LogP contribution in [-0.2, 0) is 14.2 Å². The van der Waals surface area contributed by atoms with Crippen molar-refractivity contribution >= 4 is 5.78 Å². The monoisotopic (exact) mass is 550 g/mol. The second kappa shape index (κ2) is 11.3. The summed E-state index contributed by atoms with van der Waals surface area (Å²) in [6, 6.07) is 11.5. The third-order valence-electron chi connectivity index (χ3n) is 6.97. The number of aliphatic hydroxyl groups is 6. The van der Waals surface area contributed by atoms with E-state index in [1.54, 1.807) is 24.3 Å². The SMILES string of the molecule is O=C1CC(c2ccccc2)Oc2cc(O[C@@H]3O[C@H](CO)[C@@H](O)[C@@H](O)[C@H]3O[C@@H]3OC[C@@H](O)[C@@H](O)[C@H]3O)cc(O)c21. The number of carbonyl (C=O) groups excluding carboxylic acids is 1. The van der Waals surface area contributed by atoms with Crippen molar-refractivity contribution in [3.8, 4) is 17.2 Å². The normalized spacial score (nSPS) is 36.6. The van der Waals surface area contributed by atoms with Gasteiger partial charge in [-0.25, -0.2) is 0 Å². The molecule has 13 heteroatoms. The van der Waals surface area contributed by atoms with Gasteiger partial charge in [0.2, 0.25) is 6.29 Å². The van der Waals surface area contributed by atoms with Gasteiger partial charge in [0.1, 0.15) is 65.5 Å². The van der Waals surface area contributed by atoms with Crippen molar-refractivity contribution in [2.24, 2.45) is 0 Å². The van der Waals surface area contributed by atoms with Gasteiger partial charge in [0.25, 0.3) is 0 Å². The molecule has 3 heterocycles. The fraction of sp³-hybridized carbons (Fsp3) is 0.500. The lowest BCUT2D eigenvalue weighted by molar-refractivity contribution is -0.344. The largest absolute Gasteiger partial charge is 0.507 e. The highest BCUT2D eigenvalue weighted by atomic mass is 16.8. The van der Waals surface area contributed by atoms with E-state index in [1.165, 1.54) is 6.07 Å². The first-order valence-electron chi connectivity index (χ1n) is 12.4. The molecular formula is C26H30O13. The van der Waals surface area contributed by atoms with Crippen LogP contribution in [0.3, 0.4) is 0 Å². The van der Waals surface area contributed by atoms with Gasteiger partial charge in [0, 0.05) is 12.1 Å². The third-order valence-corrected chi connectivity index (χ3v) is 6.97. The fourth-order valence-electron chi connectivity index (χ4n) is 4.82. The van der Waals surface area contributed by atoms with Crippen molar-refractivity contribution in [3.63, 3.8) is 0 Å². The van der Waals surface area contributed by atoms with E-state index >= 15 is 0 Å². The number of fused-ring (bicyclic) bond motifs is 1. The summed E-state index contributed by atoms with van der Waals surface area (Å²) in [6.45, 7) is -1.07. The van der Waals surface area contributed by atoms with Crippen LogP contribution in [0.2, 0.25) is 0 Å². The molecule has 0 aliphatic carbocycles. The predicted octanol–water partition coefficient (Wildman–Crippen LogP) is -1.26. The lowest BCUT2D eigenvalue weighted by Crippen LogP contribution is -2.63. The average molecular weight is 551 g/mol. The molecule has 0 aromatic heterocycles. The van der Waals surface area contributed by atoms with Gasteiger partial charge in [-0.05, 0) is 5.56 Å². The van der Waals surface area contributed by atoms with Crippen molar-refractivity contribution in [3.05, 3.63) is 53.6 Å². The summed E-state index contributed by atoms with van der Waals surface area (Å²) in [6.07, 6.45) is -14.5. The Morgan fingerprint density at radius 2 is 1.67 bits per heavy atom. The summed E-state index contributed by atoms with van der Waals surface area (Å²) in [5.41, 5.74) is 0.731. The van der Waals surface area contributed by atoms with Crippen LogP contribution < -0.4 is 9.47 Å². The van der Waals surface area contributed by atoms with E-state index in [2.05, 4.69) is 0 Å². The molecule has 212 valence electrons. The summed E-state index contributed by atoms with van der Waals surface area (Å²) in [5.74, 6) is -0.778. The molecule has 3 aliphatic rings. The second-order valence-corrected chi connectivity index (χ2v) is 9.64. The van der Waals surface area contributed by atoms with E-state index in [0.29, 0.717) is 0 Å². The Balaban J connectivity index is 1.41. The molecule has 0 saturated carbocycles. The second-order valence-electron chi connectivity index (χ2n) is 9.64. The van der Waals surface area contributed by atoms with Gasteiger partial charge in [-0.15, -0.1) is 0 Å². The van der Waals surface area contributed by atoms with Crippen LogP contribution in [0.25, 0.3) is 0 Å². The van der Waals surface area contributed by atoms with E-state index in [4.69, 9.17) is 23.7 Å². The van der Waals surface area contributed by atoms with E-state index in [1.807, 2.05) is 6.07 Å². The molecule has 2 aromatic rings. The zero-order valence-corrected chi connectivity index (χ0v) is 20.5. The van der Waals surface area contributed by atoms with Gasteiger partial charge < -0.3 is 59.4 Å². The molecule has 2 aromatic carbocycles. The molecule has 7 N–H and O–H groups in total. The minimum absolute atomic E-state index is 0.0128. The number of hydrogen-bond acceptors (Lipinski definition) is 13. The topological polar surface area (TPSA) is 205 Å². The van der Waals surface area contributed by atoms with Gasteiger partial charge in [0.15, 0.2) is 18.2 Å². The summed E-state index contributed by atoms with van der Waals surface area (Å²) in [4.78, 5) is 12.8. The zero-order chi connectivity index (χ0) is 27.8. The number of Topliss-reactive ketones (excluding diaryl/α,β-unsaturated/α-hetero) is 1. The van der Waals surface area contributed by atoms with Crippen LogP contribution in [0.15, 0.2) is 42.5 Å². The standard InChI is InChI=1S/C26H30O13/c27-9-18-21(32)22(33)24(39-25-23(34)20(31)15(30)10-35-25)26(38-18)36-12-6-13(28)19-14(29)8-16(37-17(19)7-12)11-4-2-1-3-5-11/h1-7,15-16,18,20-28,30-34H,8-10H2/t15-,16?,18-,20-,21-,22-,23-,24-,25+,26-/m1/s1. The van der Waals surface area contributed by atoms with E-state index < -0.39 is 73.8 Å². The Kier molecular flexibility index (Phi) is 8.05. The number of ketones is 1. The van der Waals surface area contributed by atoms with Crippen LogP contribution in [0.5, 0.6) is 17.2 Å². The summed E-state index contributed by atoms with van der Waals surface area (Å²) in [5, 5.41) is 71.3. The molecule has 0 amide bonds. The summed E-state index contributed by atoms with van der Waals surface area (Å²) in [7, 11) is 0. The number of aliphatic hydroxyl groups excluding tert-OH is 6. The lowest BCUT2D eigenvalue weighted by atomic mass is 9.95. The number of aromatic hydroxyl groups is 1. The number of phenolic OH excluding ortho intramolecular Hbond substituents is 1. The molecular weight excluding hydrogens is 520 g/mol. The van der Waals surface area contributed by atoms with Crippen molar-refractivity contribution in [1.29, 1.82) is 0 Å². The highest BCUT2D eigenvalue weighted by Crippen LogP contribution is 2.42. The van der Waals surface area contributed by atoms with E-state index in [9.17, 15) is 40.5 Å². The average Bonchev–Trinajstić information content (AvgIpc) is 2.92. The first-order chi connectivity index (χ1) is 18.7. The maximum absolute atomic E-state index is 12.8. The van der Waals surface area contributed by atoms with Crippen LogP contribution in [-0.4, -0.2) is 110 Å². The van der Waals surface area contributed by atoms with E-state index in [0.717, 1.165) is 11.6 Å². The zero-order valence-electron chi connectivity index (χ0n) is 20.5. The number of rotatable bonds is 6. The molecule has 0 spiro atoms. The lowest BCUT2D eigenvalue weighted by Gasteiger charge is -2.44. The quantitative estimate of drug-likeness (QED) is 0.225. The Bertz CT molecular complexity index is 1160. The summed E-state index contributed by atoms with van der Waals surface area (Å²) < 4.78 is 28.3. The van der Waals surface area contributed by atoms with Crippen molar-refractivity contribution in [1.82, 2.24) is 0 Å². The predicted molar refractivity (Wildman–Crippen MR) is 128 cm³/mol. The molecule has 10 atom stereocenters. The Morgan fingerprint density at radius 3 is 2.38 bits per heavy atom. The Labute approximate surface area is 222 Å². The molecule has 13 nitrogen and oxygen atoms in total. The molecule has 3 aliphatic heterocycles. The fourth-order valence-corrected chi connectivity index (χ4v) is 4.82. The maximum Gasteiger partial charge on any atom is 0.229 e. The van der Waals surface area contributed by atoms with Crippen LogP contribution in [0, 0.1) is 0 Å². The Morgan fingerprint density at radius 1 is 0.923 bits per heavy atom. The minimum Gasteiger partial charge on any atom is -0.507 e. The highest BCUT2D eigenvalue weighted by molar-refractivity contribution is 6.02. The van der Waals surface area contributed by atoms with Gasteiger partial charge in [-0.3, -0.25) is 4.79 Å². The van der Waals surface area contributed by atoms with Crippen molar-refractivity contribution in [2.45, 2.75) is 67.8 Å². The molecule has 2 fully saturated rings. The minimum atomic E-state index is -1.72.